The monoisotopic (exact) mass is 124 g/mol. The summed E-state index contributed by atoms with van der Waals surface area (Å²) in [6.07, 6.45) is 4.09. The largest absolute Gasteiger partial charge is 0.304 e. The van der Waals surface area contributed by atoms with Crippen LogP contribution in [0.3, 0.4) is 0 Å². The van der Waals surface area contributed by atoms with E-state index in [1.807, 2.05) is 0 Å². The molecule has 0 heterocycles. The van der Waals surface area contributed by atoms with Crippen molar-refractivity contribution in [3.63, 3.8) is 0 Å². The second-order valence-electron chi connectivity index (χ2n) is 2.57. The van der Waals surface area contributed by atoms with Gasteiger partial charge in [-0.25, -0.2) is 0 Å². The minimum atomic E-state index is 0.507. The lowest BCUT2D eigenvalue weighted by Gasteiger charge is -1.95. The molecule has 0 aromatic rings. The second-order valence-corrected chi connectivity index (χ2v) is 2.57. The van der Waals surface area contributed by atoms with Gasteiger partial charge < -0.3 is 5.32 Å². The average Bonchev–Trinajstić information content (AvgIpc) is 2.63. The first-order valence-corrected chi connectivity index (χ1v) is 3.51. The molecule has 9 heavy (non-hydrogen) atoms. The topological polar surface area (TPSA) is 35.8 Å². The molecular formula is C7H12N2. The molecular weight excluding hydrogens is 112 g/mol. The fourth-order valence-electron chi connectivity index (χ4n) is 0.857. The van der Waals surface area contributed by atoms with E-state index in [9.17, 15) is 0 Å². The fourth-order valence-corrected chi connectivity index (χ4v) is 0.857. The van der Waals surface area contributed by atoms with Crippen LogP contribution in [-0.2, 0) is 0 Å². The highest BCUT2D eigenvalue weighted by atomic mass is 14.8. The lowest BCUT2D eigenvalue weighted by molar-refractivity contribution is 0.647. The molecule has 0 bridgehead atoms. The molecule has 1 aliphatic rings. The van der Waals surface area contributed by atoms with Crippen molar-refractivity contribution < 1.29 is 0 Å². The summed E-state index contributed by atoms with van der Waals surface area (Å²) >= 11 is 0. The van der Waals surface area contributed by atoms with E-state index in [1.165, 1.54) is 19.3 Å². The Balaban J connectivity index is 1.77. The summed E-state index contributed by atoms with van der Waals surface area (Å²) in [6, 6.07) is 2.05. The second kappa shape index (κ2) is 3.47. The highest BCUT2D eigenvalue weighted by Crippen LogP contribution is 2.31. The van der Waals surface area contributed by atoms with Gasteiger partial charge in [0.2, 0.25) is 0 Å². The Bertz CT molecular complexity index is 111. The van der Waals surface area contributed by atoms with Crippen molar-refractivity contribution in [1.29, 1.82) is 5.26 Å². The van der Waals surface area contributed by atoms with Gasteiger partial charge in [-0.3, -0.25) is 0 Å². The van der Waals surface area contributed by atoms with E-state index in [0.717, 1.165) is 12.5 Å². The van der Waals surface area contributed by atoms with E-state index >= 15 is 0 Å². The predicted octanol–water partition coefficient (Wildman–Crippen LogP) is 0.900. The molecule has 0 amide bonds. The molecule has 0 radical (unpaired) electrons. The van der Waals surface area contributed by atoms with Gasteiger partial charge in [-0.15, -0.1) is 0 Å². The Morgan fingerprint density at radius 3 is 2.89 bits per heavy atom. The summed E-state index contributed by atoms with van der Waals surface area (Å²) < 4.78 is 0. The molecule has 0 aliphatic heterocycles. The number of nitrogens with zero attached hydrogens (tertiary/aromatic N) is 1. The average molecular weight is 124 g/mol. The van der Waals surface area contributed by atoms with Crippen LogP contribution in [0.5, 0.6) is 0 Å². The summed E-state index contributed by atoms with van der Waals surface area (Å²) in [5.74, 6) is 0.983. The lowest BCUT2D eigenvalue weighted by Crippen LogP contribution is -2.15. The zero-order valence-electron chi connectivity index (χ0n) is 5.56. The van der Waals surface area contributed by atoms with E-state index in [0.29, 0.717) is 6.54 Å². The number of nitriles is 1. The third kappa shape index (κ3) is 3.10. The number of hydrogen-bond donors (Lipinski definition) is 1. The third-order valence-electron chi connectivity index (χ3n) is 1.63. The summed E-state index contributed by atoms with van der Waals surface area (Å²) in [7, 11) is 0. The SMILES string of the molecule is N#CCNCCC1CC1. The zero-order valence-corrected chi connectivity index (χ0v) is 5.56. The summed E-state index contributed by atoms with van der Waals surface area (Å²) in [5, 5.41) is 11.2. The van der Waals surface area contributed by atoms with Gasteiger partial charge in [-0.1, -0.05) is 12.8 Å². The maximum absolute atomic E-state index is 8.13. The van der Waals surface area contributed by atoms with Crippen LogP contribution in [0, 0.1) is 17.2 Å². The number of nitrogens with one attached hydrogen (secondary N) is 1. The van der Waals surface area contributed by atoms with Gasteiger partial charge in [0.1, 0.15) is 0 Å². The molecule has 1 fully saturated rings. The smallest absolute Gasteiger partial charge is 0.0840 e. The maximum Gasteiger partial charge on any atom is 0.0840 e. The molecule has 0 unspecified atom stereocenters. The van der Waals surface area contributed by atoms with E-state index in [-0.39, 0.29) is 0 Å². The Morgan fingerprint density at radius 1 is 1.56 bits per heavy atom. The lowest BCUT2D eigenvalue weighted by atomic mass is 10.3. The van der Waals surface area contributed by atoms with Crippen molar-refractivity contribution in [2.24, 2.45) is 5.92 Å². The van der Waals surface area contributed by atoms with Gasteiger partial charge >= 0.3 is 0 Å². The molecule has 0 spiro atoms. The van der Waals surface area contributed by atoms with Crippen molar-refractivity contribution in [3.8, 4) is 6.07 Å². The number of rotatable bonds is 4. The summed E-state index contributed by atoms with van der Waals surface area (Å²) in [5.41, 5.74) is 0. The highest BCUT2D eigenvalue weighted by molar-refractivity contribution is 4.76. The molecule has 1 saturated carbocycles. The zero-order chi connectivity index (χ0) is 6.53. The van der Waals surface area contributed by atoms with E-state index in [2.05, 4.69) is 11.4 Å². The Morgan fingerprint density at radius 2 is 2.33 bits per heavy atom. The van der Waals surface area contributed by atoms with Crippen LogP contribution >= 0.6 is 0 Å². The van der Waals surface area contributed by atoms with Gasteiger partial charge in [0, 0.05) is 0 Å². The normalized spacial score (nSPS) is 17.2. The maximum atomic E-state index is 8.13. The minimum Gasteiger partial charge on any atom is -0.304 e. The molecule has 0 aromatic carbocycles. The summed E-state index contributed by atoms with van der Waals surface area (Å²) in [4.78, 5) is 0. The van der Waals surface area contributed by atoms with Crippen molar-refractivity contribution in [1.82, 2.24) is 5.32 Å². The third-order valence-corrected chi connectivity index (χ3v) is 1.63. The molecule has 1 N–H and O–H groups in total. The van der Waals surface area contributed by atoms with Crippen molar-refractivity contribution in [2.45, 2.75) is 19.3 Å². The molecule has 2 nitrogen and oxygen atoms in total. The van der Waals surface area contributed by atoms with Crippen LogP contribution in [-0.4, -0.2) is 13.1 Å². The molecule has 1 aliphatic carbocycles. The van der Waals surface area contributed by atoms with Gasteiger partial charge in [0.15, 0.2) is 0 Å². The first-order chi connectivity index (χ1) is 4.43. The molecule has 50 valence electrons. The highest BCUT2D eigenvalue weighted by Gasteiger charge is 2.19. The quantitative estimate of drug-likeness (QED) is 0.446. The molecule has 0 atom stereocenters. The van der Waals surface area contributed by atoms with Gasteiger partial charge in [-0.05, 0) is 18.9 Å². The molecule has 1 rings (SSSR count). The van der Waals surface area contributed by atoms with Crippen LogP contribution < -0.4 is 5.32 Å². The predicted molar refractivity (Wildman–Crippen MR) is 35.8 cm³/mol. The minimum absolute atomic E-state index is 0.507. The molecule has 0 saturated heterocycles. The van der Waals surface area contributed by atoms with Crippen LogP contribution in [0.2, 0.25) is 0 Å². The van der Waals surface area contributed by atoms with Crippen molar-refractivity contribution in [3.05, 3.63) is 0 Å². The van der Waals surface area contributed by atoms with Crippen molar-refractivity contribution in [2.75, 3.05) is 13.1 Å². The Labute approximate surface area is 55.9 Å². The van der Waals surface area contributed by atoms with Crippen LogP contribution in [0.25, 0.3) is 0 Å². The van der Waals surface area contributed by atoms with Crippen molar-refractivity contribution >= 4 is 0 Å². The number of hydrogen-bond acceptors (Lipinski definition) is 2. The fraction of sp³-hybridized carbons (Fsp3) is 0.857. The first kappa shape index (κ1) is 6.57. The van der Waals surface area contributed by atoms with Gasteiger partial charge in [0.05, 0.1) is 12.6 Å². The first-order valence-electron chi connectivity index (χ1n) is 3.51. The van der Waals surface area contributed by atoms with Crippen LogP contribution in [0.1, 0.15) is 19.3 Å². The standard InChI is InChI=1S/C7H12N2/c8-4-6-9-5-3-7-1-2-7/h7,9H,1-3,5-6H2. The van der Waals surface area contributed by atoms with Gasteiger partial charge in [0.25, 0.3) is 0 Å². The van der Waals surface area contributed by atoms with E-state index in [1.54, 1.807) is 0 Å². The summed E-state index contributed by atoms with van der Waals surface area (Å²) in [6.45, 7) is 1.53. The molecule has 2 heteroatoms. The Hall–Kier alpha value is -0.550. The molecule has 0 aromatic heterocycles. The van der Waals surface area contributed by atoms with E-state index < -0.39 is 0 Å². The van der Waals surface area contributed by atoms with Crippen LogP contribution in [0.4, 0.5) is 0 Å². The van der Waals surface area contributed by atoms with E-state index in [4.69, 9.17) is 5.26 Å². The van der Waals surface area contributed by atoms with Crippen LogP contribution in [0.15, 0.2) is 0 Å². The van der Waals surface area contributed by atoms with Gasteiger partial charge in [-0.2, -0.15) is 5.26 Å². The Kier molecular flexibility index (Phi) is 2.53.